The third-order valence-electron chi connectivity index (χ3n) is 3.25. The maximum atomic E-state index is 9.15. The largest absolute Gasteiger partial charge is 0.375 e. The van der Waals surface area contributed by atoms with Gasteiger partial charge in [-0.25, -0.2) is 4.98 Å². The van der Waals surface area contributed by atoms with Crippen molar-refractivity contribution in [3.8, 4) is 6.07 Å². The summed E-state index contributed by atoms with van der Waals surface area (Å²) in [6.45, 7) is 0. The molecule has 1 heterocycles. The molecule has 1 aromatic heterocycles. The monoisotopic (exact) mass is 289 g/mol. The molecule has 0 aliphatic heterocycles. The molecule has 2 aromatic rings. The van der Waals surface area contributed by atoms with E-state index in [0.717, 1.165) is 11.3 Å². The Kier molecular flexibility index (Phi) is 3.17. The van der Waals surface area contributed by atoms with Crippen LogP contribution in [0, 0.1) is 11.3 Å². The Morgan fingerprint density at radius 3 is 2.95 bits per heavy atom. The fourth-order valence-electron chi connectivity index (χ4n) is 2.18. The van der Waals surface area contributed by atoms with E-state index in [1.807, 2.05) is 6.07 Å². The first-order valence-electron chi connectivity index (χ1n) is 6.11. The summed E-state index contributed by atoms with van der Waals surface area (Å²) in [4.78, 5) is 5.59. The van der Waals surface area contributed by atoms with E-state index in [-0.39, 0.29) is 0 Å². The molecular weight excluding hydrogens is 278 g/mol. The summed E-state index contributed by atoms with van der Waals surface area (Å²) in [5, 5.41) is 10.4. The third-order valence-corrected chi connectivity index (χ3v) is 4.38. The number of hydrogen-bond acceptors (Lipinski definition) is 4. The van der Waals surface area contributed by atoms with Gasteiger partial charge in [0.15, 0.2) is 5.13 Å². The molecule has 0 bridgehead atoms. The molecule has 1 fully saturated rings. The van der Waals surface area contributed by atoms with Crippen LogP contribution in [0.1, 0.15) is 40.5 Å². The average molecular weight is 290 g/mol. The molecule has 1 aliphatic rings. The second-order valence-corrected chi connectivity index (χ2v) is 6.28. The summed E-state index contributed by atoms with van der Waals surface area (Å²) in [7, 11) is 0. The van der Waals surface area contributed by atoms with Crippen molar-refractivity contribution < 1.29 is 0 Å². The number of nitrogens with zero attached hydrogens (tertiary/aromatic N) is 2. The van der Waals surface area contributed by atoms with Crippen molar-refractivity contribution in [2.75, 3.05) is 5.73 Å². The van der Waals surface area contributed by atoms with Crippen molar-refractivity contribution in [2.24, 2.45) is 0 Å². The van der Waals surface area contributed by atoms with Gasteiger partial charge in [0, 0.05) is 22.2 Å². The Balaban J connectivity index is 1.97. The van der Waals surface area contributed by atoms with E-state index in [2.05, 4.69) is 11.1 Å². The summed E-state index contributed by atoms with van der Waals surface area (Å²) >= 11 is 7.53. The number of nitriles is 1. The Bertz CT molecular complexity index is 668. The molecule has 0 saturated heterocycles. The number of aromatic nitrogens is 1. The van der Waals surface area contributed by atoms with Crippen LogP contribution in [0.15, 0.2) is 18.2 Å². The zero-order chi connectivity index (χ0) is 13.4. The van der Waals surface area contributed by atoms with Crippen molar-refractivity contribution in [1.29, 1.82) is 5.26 Å². The molecule has 3 nitrogen and oxygen atoms in total. The van der Waals surface area contributed by atoms with Gasteiger partial charge < -0.3 is 5.73 Å². The Morgan fingerprint density at radius 1 is 1.47 bits per heavy atom. The molecule has 0 unspecified atom stereocenters. The Labute approximate surface area is 120 Å². The maximum Gasteiger partial charge on any atom is 0.180 e. The zero-order valence-corrected chi connectivity index (χ0v) is 11.8. The molecular formula is C14H12ClN3S. The first-order valence-corrected chi connectivity index (χ1v) is 7.30. The minimum Gasteiger partial charge on any atom is -0.375 e. The number of nitrogen functional groups attached to an aromatic ring is 1. The highest BCUT2D eigenvalue weighted by Gasteiger charge is 2.29. The van der Waals surface area contributed by atoms with Crippen LogP contribution in [0.25, 0.3) is 0 Å². The van der Waals surface area contributed by atoms with Crippen LogP contribution in [0.2, 0.25) is 5.02 Å². The maximum absolute atomic E-state index is 9.15. The van der Waals surface area contributed by atoms with Crippen molar-refractivity contribution in [3.05, 3.63) is 44.9 Å². The number of rotatable bonds is 3. The van der Waals surface area contributed by atoms with Crippen LogP contribution in [-0.4, -0.2) is 4.98 Å². The first kappa shape index (κ1) is 12.5. The predicted molar refractivity (Wildman–Crippen MR) is 77.5 cm³/mol. The predicted octanol–water partition coefficient (Wildman–Crippen LogP) is 3.72. The van der Waals surface area contributed by atoms with E-state index >= 15 is 0 Å². The molecule has 0 spiro atoms. The van der Waals surface area contributed by atoms with Crippen LogP contribution in [0.5, 0.6) is 0 Å². The van der Waals surface area contributed by atoms with Crippen LogP contribution in [0.3, 0.4) is 0 Å². The van der Waals surface area contributed by atoms with Crippen LogP contribution < -0.4 is 5.73 Å². The zero-order valence-electron chi connectivity index (χ0n) is 10.2. The second kappa shape index (κ2) is 4.84. The lowest BCUT2D eigenvalue weighted by molar-refractivity contribution is 1.01. The fraction of sp³-hybridized carbons (Fsp3) is 0.286. The Hall–Kier alpha value is -1.57. The van der Waals surface area contributed by atoms with Gasteiger partial charge in [-0.05, 0) is 36.6 Å². The van der Waals surface area contributed by atoms with Gasteiger partial charge in [-0.1, -0.05) is 11.6 Å². The van der Waals surface area contributed by atoms with Crippen molar-refractivity contribution >= 4 is 28.1 Å². The van der Waals surface area contributed by atoms with Crippen molar-refractivity contribution in [1.82, 2.24) is 4.98 Å². The molecule has 1 aliphatic carbocycles. The van der Waals surface area contributed by atoms with Gasteiger partial charge >= 0.3 is 0 Å². The van der Waals surface area contributed by atoms with E-state index < -0.39 is 0 Å². The summed E-state index contributed by atoms with van der Waals surface area (Å²) in [6.07, 6.45) is 3.07. The van der Waals surface area contributed by atoms with Crippen molar-refractivity contribution in [3.63, 3.8) is 0 Å². The van der Waals surface area contributed by atoms with Gasteiger partial charge in [-0.3, -0.25) is 0 Å². The van der Waals surface area contributed by atoms with E-state index in [9.17, 15) is 0 Å². The molecule has 0 radical (unpaired) electrons. The quantitative estimate of drug-likeness (QED) is 0.936. The summed E-state index contributed by atoms with van der Waals surface area (Å²) in [5.74, 6) is 0.563. The SMILES string of the molecule is N#Cc1ccc(Cl)cc1Cc1sc(N)nc1C1CC1. The van der Waals surface area contributed by atoms with Gasteiger partial charge in [0.2, 0.25) is 0 Å². The summed E-state index contributed by atoms with van der Waals surface area (Å²) in [6, 6.07) is 7.57. The normalized spacial score (nSPS) is 14.3. The van der Waals surface area contributed by atoms with Gasteiger partial charge in [0.25, 0.3) is 0 Å². The number of anilines is 1. The number of hydrogen-bond donors (Lipinski definition) is 1. The number of halogens is 1. The highest BCUT2D eigenvalue weighted by molar-refractivity contribution is 7.15. The standard InChI is InChI=1S/C14H12ClN3S/c15-11-4-3-9(7-16)10(5-11)6-12-13(8-1-2-8)18-14(17)19-12/h3-5,8H,1-2,6H2,(H2,17,18). The lowest BCUT2D eigenvalue weighted by atomic mass is 10.0. The van der Waals surface area contributed by atoms with Gasteiger partial charge in [-0.2, -0.15) is 5.26 Å². The molecule has 0 atom stereocenters. The summed E-state index contributed by atoms with van der Waals surface area (Å²) in [5.41, 5.74) is 8.54. The van der Waals surface area contributed by atoms with Crippen LogP contribution in [0.4, 0.5) is 5.13 Å². The summed E-state index contributed by atoms with van der Waals surface area (Å²) < 4.78 is 0. The van der Waals surface area contributed by atoms with Crippen molar-refractivity contribution in [2.45, 2.75) is 25.2 Å². The first-order chi connectivity index (χ1) is 9.17. The van der Waals surface area contributed by atoms with Gasteiger partial charge in [0.1, 0.15) is 0 Å². The van der Waals surface area contributed by atoms with Crippen LogP contribution in [-0.2, 0) is 6.42 Å². The highest BCUT2D eigenvalue weighted by atomic mass is 35.5. The molecule has 1 saturated carbocycles. The molecule has 3 rings (SSSR count). The molecule has 96 valence electrons. The third kappa shape index (κ3) is 2.58. The molecule has 0 amide bonds. The highest BCUT2D eigenvalue weighted by Crippen LogP contribution is 2.43. The van der Waals surface area contributed by atoms with E-state index in [4.69, 9.17) is 22.6 Å². The van der Waals surface area contributed by atoms with Crippen LogP contribution >= 0.6 is 22.9 Å². The molecule has 1 aromatic carbocycles. The van der Waals surface area contributed by atoms with Gasteiger partial charge in [0.05, 0.1) is 17.3 Å². The smallest absolute Gasteiger partial charge is 0.180 e. The number of nitrogens with two attached hydrogens (primary N) is 1. The Morgan fingerprint density at radius 2 is 2.26 bits per heavy atom. The second-order valence-electron chi connectivity index (χ2n) is 4.72. The lowest BCUT2D eigenvalue weighted by Gasteiger charge is -2.04. The number of benzene rings is 1. The molecule has 2 N–H and O–H groups in total. The average Bonchev–Trinajstić information content (AvgIpc) is 3.15. The fourth-order valence-corrected chi connectivity index (χ4v) is 3.31. The minimum atomic E-state index is 0.563. The molecule has 5 heteroatoms. The lowest BCUT2D eigenvalue weighted by Crippen LogP contribution is -1.94. The van der Waals surface area contributed by atoms with Gasteiger partial charge in [-0.15, -0.1) is 11.3 Å². The van der Waals surface area contributed by atoms with E-state index in [1.165, 1.54) is 29.1 Å². The minimum absolute atomic E-state index is 0.563. The molecule has 19 heavy (non-hydrogen) atoms. The topological polar surface area (TPSA) is 62.7 Å². The van der Waals surface area contributed by atoms with E-state index in [0.29, 0.717) is 28.1 Å². The number of thiazole rings is 1. The van der Waals surface area contributed by atoms with E-state index in [1.54, 1.807) is 12.1 Å².